The normalized spacial score (nSPS) is 9.19. The first-order valence-electron chi connectivity index (χ1n) is 4.05. The highest BCUT2D eigenvalue weighted by Crippen LogP contribution is 2.17. The highest BCUT2D eigenvalue weighted by atomic mass is 16.6. The maximum atomic E-state index is 10.4. The molecule has 0 saturated carbocycles. The molecular formula is C8H6N4O4. The molecule has 0 aliphatic rings. The van der Waals surface area contributed by atoms with Gasteiger partial charge in [0.15, 0.2) is 0 Å². The van der Waals surface area contributed by atoms with E-state index in [1.807, 2.05) is 0 Å². The second-order valence-corrected chi connectivity index (χ2v) is 2.71. The number of carboxylic acids is 1. The lowest BCUT2D eigenvalue weighted by Gasteiger charge is -2.03. The van der Waals surface area contributed by atoms with Crippen molar-refractivity contribution in [1.29, 1.82) is 5.26 Å². The van der Waals surface area contributed by atoms with Gasteiger partial charge in [0.25, 0.3) is 5.69 Å². The van der Waals surface area contributed by atoms with Crippen molar-refractivity contribution in [1.82, 2.24) is 4.98 Å². The number of aliphatic carboxylic acids is 1. The van der Waals surface area contributed by atoms with E-state index in [1.54, 1.807) is 6.07 Å². The molecule has 0 saturated heterocycles. The van der Waals surface area contributed by atoms with Crippen LogP contribution in [-0.2, 0) is 4.79 Å². The van der Waals surface area contributed by atoms with Gasteiger partial charge in [-0.1, -0.05) is 0 Å². The molecule has 8 nitrogen and oxygen atoms in total. The number of nitrogens with zero attached hydrogens (tertiary/aromatic N) is 3. The molecule has 1 aromatic rings. The van der Waals surface area contributed by atoms with Crippen molar-refractivity contribution in [2.45, 2.75) is 0 Å². The molecule has 0 atom stereocenters. The molecule has 1 heterocycles. The fourth-order valence-corrected chi connectivity index (χ4v) is 0.939. The standard InChI is InChI=1S/C8H6N4O4/c9-2-5-1-6(12(15)16)3-10-8(5)11-4-7(13)14/h1,3H,4H2,(H,10,11)(H,13,14). The van der Waals surface area contributed by atoms with Crippen molar-refractivity contribution in [3.05, 3.63) is 27.9 Å². The predicted octanol–water partition coefficient (Wildman–Crippen LogP) is 0.358. The predicted molar refractivity (Wildman–Crippen MR) is 51.7 cm³/mol. The second kappa shape index (κ2) is 4.70. The topological polar surface area (TPSA) is 129 Å². The maximum Gasteiger partial charge on any atom is 0.322 e. The van der Waals surface area contributed by atoms with Crippen LogP contribution in [0, 0.1) is 21.4 Å². The third-order valence-corrected chi connectivity index (χ3v) is 1.61. The van der Waals surface area contributed by atoms with E-state index in [0.717, 1.165) is 12.3 Å². The number of nitro groups is 1. The van der Waals surface area contributed by atoms with E-state index in [1.165, 1.54) is 0 Å². The molecule has 0 fully saturated rings. The minimum atomic E-state index is -1.12. The molecule has 0 aliphatic heterocycles. The molecule has 0 unspecified atom stereocenters. The first-order valence-corrected chi connectivity index (χ1v) is 4.05. The fraction of sp³-hybridized carbons (Fsp3) is 0.125. The number of rotatable bonds is 4. The summed E-state index contributed by atoms with van der Waals surface area (Å²) < 4.78 is 0. The van der Waals surface area contributed by atoms with Gasteiger partial charge in [0.1, 0.15) is 30.2 Å². The first kappa shape index (κ1) is 11.4. The molecule has 2 N–H and O–H groups in total. The number of nitrogens with one attached hydrogen (secondary N) is 1. The number of hydrogen-bond donors (Lipinski definition) is 2. The van der Waals surface area contributed by atoms with E-state index in [2.05, 4.69) is 10.3 Å². The number of aromatic nitrogens is 1. The Bertz CT molecular complexity index is 479. The molecule has 16 heavy (non-hydrogen) atoms. The Morgan fingerprint density at radius 2 is 2.44 bits per heavy atom. The smallest absolute Gasteiger partial charge is 0.322 e. The Balaban J connectivity index is 2.99. The molecule has 82 valence electrons. The Kier molecular flexibility index (Phi) is 3.34. The van der Waals surface area contributed by atoms with Crippen LogP contribution in [0.2, 0.25) is 0 Å². The van der Waals surface area contributed by atoms with Crippen LogP contribution in [-0.4, -0.2) is 27.5 Å². The van der Waals surface area contributed by atoms with E-state index in [9.17, 15) is 14.9 Å². The zero-order valence-electron chi connectivity index (χ0n) is 7.88. The van der Waals surface area contributed by atoms with Crippen molar-refractivity contribution < 1.29 is 14.8 Å². The minimum absolute atomic E-state index is 0.00972. The van der Waals surface area contributed by atoms with Crippen LogP contribution in [0.4, 0.5) is 11.5 Å². The lowest BCUT2D eigenvalue weighted by molar-refractivity contribution is -0.385. The van der Waals surface area contributed by atoms with Crippen LogP contribution < -0.4 is 5.32 Å². The van der Waals surface area contributed by atoms with Gasteiger partial charge in [0.2, 0.25) is 0 Å². The van der Waals surface area contributed by atoms with Crippen molar-refractivity contribution >= 4 is 17.5 Å². The summed E-state index contributed by atoms with van der Waals surface area (Å²) in [7, 11) is 0. The van der Waals surface area contributed by atoms with Gasteiger partial charge in [-0.05, 0) is 0 Å². The van der Waals surface area contributed by atoms with Crippen LogP contribution in [0.1, 0.15) is 5.56 Å². The highest BCUT2D eigenvalue weighted by Gasteiger charge is 2.12. The largest absolute Gasteiger partial charge is 0.480 e. The monoisotopic (exact) mass is 222 g/mol. The first-order chi connectivity index (χ1) is 7.54. The number of hydrogen-bond acceptors (Lipinski definition) is 6. The average molecular weight is 222 g/mol. The summed E-state index contributed by atoms with van der Waals surface area (Å²) in [6, 6.07) is 2.72. The van der Waals surface area contributed by atoms with Crippen molar-refractivity contribution in [3.63, 3.8) is 0 Å². The van der Waals surface area contributed by atoms with Crippen LogP contribution in [0.3, 0.4) is 0 Å². The highest BCUT2D eigenvalue weighted by molar-refractivity contribution is 5.73. The second-order valence-electron chi connectivity index (χ2n) is 2.71. The summed E-state index contributed by atoms with van der Waals surface area (Å²) in [5, 5.41) is 29.9. The van der Waals surface area contributed by atoms with E-state index < -0.39 is 17.4 Å². The van der Waals surface area contributed by atoms with Gasteiger partial charge in [-0.2, -0.15) is 5.26 Å². The molecule has 1 aromatic heterocycles. The summed E-state index contributed by atoms with van der Waals surface area (Å²) in [5.74, 6) is -1.11. The Hall–Kier alpha value is -2.69. The van der Waals surface area contributed by atoms with Gasteiger partial charge in [-0.3, -0.25) is 14.9 Å². The number of anilines is 1. The van der Waals surface area contributed by atoms with E-state index in [4.69, 9.17) is 10.4 Å². The molecule has 0 spiro atoms. The van der Waals surface area contributed by atoms with Crippen LogP contribution >= 0.6 is 0 Å². The van der Waals surface area contributed by atoms with E-state index >= 15 is 0 Å². The van der Waals surface area contributed by atoms with Crippen LogP contribution in [0.25, 0.3) is 0 Å². The van der Waals surface area contributed by atoms with Crippen molar-refractivity contribution in [2.75, 3.05) is 11.9 Å². The van der Waals surface area contributed by atoms with Gasteiger partial charge in [0, 0.05) is 6.07 Å². The summed E-state index contributed by atoms with van der Waals surface area (Å²) >= 11 is 0. The van der Waals surface area contributed by atoms with Crippen LogP contribution in [0.15, 0.2) is 12.3 Å². The fourth-order valence-electron chi connectivity index (χ4n) is 0.939. The summed E-state index contributed by atoms with van der Waals surface area (Å²) in [5.41, 5.74) is -0.395. The zero-order chi connectivity index (χ0) is 12.1. The molecule has 0 amide bonds. The van der Waals surface area contributed by atoms with Gasteiger partial charge in [-0.15, -0.1) is 0 Å². The molecule has 0 bridgehead atoms. The quantitative estimate of drug-likeness (QED) is 0.555. The van der Waals surface area contributed by atoms with Crippen molar-refractivity contribution in [2.24, 2.45) is 0 Å². The number of carboxylic acid groups (broad SMARTS) is 1. The van der Waals surface area contributed by atoms with Crippen molar-refractivity contribution in [3.8, 4) is 6.07 Å². The molecule has 8 heteroatoms. The van der Waals surface area contributed by atoms with Gasteiger partial charge < -0.3 is 10.4 Å². The Morgan fingerprint density at radius 1 is 1.75 bits per heavy atom. The number of pyridine rings is 1. The molecule has 0 radical (unpaired) electrons. The van der Waals surface area contributed by atoms with E-state index in [0.29, 0.717) is 0 Å². The van der Waals surface area contributed by atoms with Gasteiger partial charge in [-0.25, -0.2) is 4.98 Å². The average Bonchev–Trinajstić information content (AvgIpc) is 2.25. The van der Waals surface area contributed by atoms with Gasteiger partial charge in [0.05, 0.1) is 4.92 Å². The lowest BCUT2D eigenvalue weighted by atomic mass is 10.2. The lowest BCUT2D eigenvalue weighted by Crippen LogP contribution is -2.14. The Labute approximate surface area is 89.3 Å². The number of nitriles is 1. The Morgan fingerprint density at radius 3 is 2.94 bits per heavy atom. The molecule has 0 aliphatic carbocycles. The summed E-state index contributed by atoms with van der Waals surface area (Å²) in [6.07, 6.45) is 0.949. The molecular weight excluding hydrogens is 216 g/mol. The van der Waals surface area contributed by atoms with Gasteiger partial charge >= 0.3 is 5.97 Å². The molecule has 1 rings (SSSR count). The third kappa shape index (κ3) is 2.65. The summed E-state index contributed by atoms with van der Waals surface area (Å²) in [6.45, 7) is -0.417. The molecule has 0 aromatic carbocycles. The van der Waals surface area contributed by atoms with E-state index in [-0.39, 0.29) is 17.1 Å². The minimum Gasteiger partial charge on any atom is -0.480 e. The SMILES string of the molecule is N#Cc1cc([N+](=O)[O-])cnc1NCC(=O)O. The number of carbonyl (C=O) groups is 1. The zero-order valence-corrected chi connectivity index (χ0v) is 7.88. The maximum absolute atomic E-state index is 10.4. The summed E-state index contributed by atoms with van der Waals surface area (Å²) in [4.78, 5) is 23.6. The van der Waals surface area contributed by atoms with Crippen LogP contribution in [0.5, 0.6) is 0 Å². The third-order valence-electron chi connectivity index (χ3n) is 1.61.